The maximum atomic E-state index is 13.5. The number of imidazole rings is 1. The standard InChI is InChI=1S/C16H12F4N4O/c17-11-6-8(4-5-10(11)16(18,19)20)7-22-14(25)9-2-1-3-12-13(9)24-15(21)23-12/h1-6H,7H2,(H,22,25)(H3,21,23,24). The van der Waals surface area contributed by atoms with Crippen molar-refractivity contribution in [3.63, 3.8) is 0 Å². The number of nitrogen functional groups attached to an aromatic ring is 1. The van der Waals surface area contributed by atoms with Crippen LogP contribution >= 0.6 is 0 Å². The molecule has 1 heterocycles. The van der Waals surface area contributed by atoms with Crippen molar-refractivity contribution in [3.05, 3.63) is 58.9 Å². The first-order chi connectivity index (χ1) is 11.8. The lowest BCUT2D eigenvalue weighted by Crippen LogP contribution is -2.23. The monoisotopic (exact) mass is 352 g/mol. The average molecular weight is 352 g/mol. The Labute approximate surface area is 138 Å². The Balaban J connectivity index is 1.77. The number of halogens is 4. The van der Waals surface area contributed by atoms with Gasteiger partial charge < -0.3 is 16.0 Å². The van der Waals surface area contributed by atoms with Crippen LogP contribution < -0.4 is 11.1 Å². The summed E-state index contributed by atoms with van der Waals surface area (Å²) in [5, 5.41) is 2.53. The summed E-state index contributed by atoms with van der Waals surface area (Å²) in [4.78, 5) is 19.0. The summed E-state index contributed by atoms with van der Waals surface area (Å²) < 4.78 is 51.2. The topological polar surface area (TPSA) is 83.8 Å². The van der Waals surface area contributed by atoms with E-state index in [1.54, 1.807) is 18.2 Å². The average Bonchev–Trinajstić information content (AvgIpc) is 2.91. The Hall–Kier alpha value is -3.10. The largest absolute Gasteiger partial charge is 0.419 e. The maximum absolute atomic E-state index is 13.5. The molecule has 0 aliphatic heterocycles. The van der Waals surface area contributed by atoms with Crippen molar-refractivity contribution in [1.29, 1.82) is 0 Å². The summed E-state index contributed by atoms with van der Waals surface area (Å²) in [7, 11) is 0. The molecular weight excluding hydrogens is 340 g/mol. The summed E-state index contributed by atoms with van der Waals surface area (Å²) in [6.45, 7) is -0.131. The highest BCUT2D eigenvalue weighted by atomic mass is 19.4. The third kappa shape index (κ3) is 3.39. The number of amides is 1. The van der Waals surface area contributed by atoms with E-state index in [0.717, 1.165) is 12.1 Å². The van der Waals surface area contributed by atoms with Gasteiger partial charge in [0.25, 0.3) is 5.91 Å². The van der Waals surface area contributed by atoms with Crippen molar-refractivity contribution < 1.29 is 22.4 Å². The number of hydrogen-bond donors (Lipinski definition) is 3. The number of alkyl halides is 3. The molecule has 0 saturated heterocycles. The zero-order chi connectivity index (χ0) is 18.2. The Kier molecular flexibility index (Phi) is 4.07. The third-order valence-electron chi connectivity index (χ3n) is 3.57. The Morgan fingerprint density at radius 2 is 2.00 bits per heavy atom. The first-order valence-corrected chi connectivity index (χ1v) is 7.14. The number of hydrogen-bond acceptors (Lipinski definition) is 3. The molecule has 3 aromatic rings. The number of nitrogens with one attached hydrogen (secondary N) is 2. The van der Waals surface area contributed by atoms with E-state index in [1.165, 1.54) is 0 Å². The molecule has 0 atom stereocenters. The molecule has 1 aromatic heterocycles. The molecule has 0 aliphatic carbocycles. The Morgan fingerprint density at radius 1 is 1.24 bits per heavy atom. The number of anilines is 1. The second kappa shape index (κ2) is 6.08. The molecule has 130 valence electrons. The number of para-hydroxylation sites is 1. The smallest absolute Gasteiger partial charge is 0.369 e. The minimum Gasteiger partial charge on any atom is -0.369 e. The van der Waals surface area contributed by atoms with E-state index in [1.807, 2.05) is 0 Å². The van der Waals surface area contributed by atoms with Gasteiger partial charge in [-0.1, -0.05) is 12.1 Å². The molecule has 1 amide bonds. The fraction of sp³-hybridized carbons (Fsp3) is 0.125. The highest BCUT2D eigenvalue weighted by Crippen LogP contribution is 2.31. The van der Waals surface area contributed by atoms with E-state index >= 15 is 0 Å². The van der Waals surface area contributed by atoms with Gasteiger partial charge >= 0.3 is 6.18 Å². The number of fused-ring (bicyclic) bond motifs is 1. The van der Waals surface area contributed by atoms with Crippen LogP contribution in [0.15, 0.2) is 36.4 Å². The van der Waals surface area contributed by atoms with Crippen molar-refractivity contribution >= 4 is 22.9 Å². The quantitative estimate of drug-likeness (QED) is 0.633. The lowest BCUT2D eigenvalue weighted by Gasteiger charge is -2.10. The van der Waals surface area contributed by atoms with Gasteiger partial charge in [0.05, 0.1) is 22.2 Å². The summed E-state index contributed by atoms with van der Waals surface area (Å²) >= 11 is 0. The van der Waals surface area contributed by atoms with E-state index < -0.39 is 23.5 Å². The Bertz CT molecular complexity index is 949. The highest BCUT2D eigenvalue weighted by molar-refractivity contribution is 6.05. The number of carbonyl (C=O) groups is 1. The van der Waals surface area contributed by atoms with Gasteiger partial charge in [-0.2, -0.15) is 13.2 Å². The lowest BCUT2D eigenvalue weighted by atomic mass is 10.1. The minimum absolute atomic E-state index is 0.131. The number of nitrogens with two attached hydrogens (primary N) is 1. The van der Waals surface area contributed by atoms with Gasteiger partial charge in [0.15, 0.2) is 5.95 Å². The van der Waals surface area contributed by atoms with Crippen molar-refractivity contribution in [1.82, 2.24) is 15.3 Å². The first kappa shape index (κ1) is 16.7. The van der Waals surface area contributed by atoms with Gasteiger partial charge in [-0.3, -0.25) is 4.79 Å². The molecular formula is C16H12F4N4O. The summed E-state index contributed by atoms with van der Waals surface area (Å²) in [6, 6.07) is 7.34. The normalized spacial score (nSPS) is 11.7. The molecule has 0 saturated carbocycles. The fourth-order valence-corrected chi connectivity index (χ4v) is 2.42. The van der Waals surface area contributed by atoms with Gasteiger partial charge in [0.2, 0.25) is 0 Å². The van der Waals surface area contributed by atoms with Crippen LogP contribution in [0.5, 0.6) is 0 Å². The summed E-state index contributed by atoms with van der Waals surface area (Å²) in [6.07, 6.45) is -4.76. The molecule has 25 heavy (non-hydrogen) atoms. The zero-order valence-corrected chi connectivity index (χ0v) is 12.6. The number of carbonyl (C=O) groups excluding carboxylic acids is 1. The number of nitrogens with zero attached hydrogens (tertiary/aromatic N) is 1. The van der Waals surface area contributed by atoms with Crippen LogP contribution in [0.4, 0.5) is 23.5 Å². The predicted molar refractivity (Wildman–Crippen MR) is 83.1 cm³/mol. The molecule has 0 aliphatic rings. The van der Waals surface area contributed by atoms with E-state index in [9.17, 15) is 22.4 Å². The van der Waals surface area contributed by atoms with E-state index in [4.69, 9.17) is 5.73 Å². The van der Waals surface area contributed by atoms with E-state index in [0.29, 0.717) is 17.1 Å². The van der Waals surface area contributed by atoms with E-state index in [2.05, 4.69) is 15.3 Å². The lowest BCUT2D eigenvalue weighted by molar-refractivity contribution is -0.140. The van der Waals surface area contributed by atoms with Crippen LogP contribution in [0.25, 0.3) is 11.0 Å². The SMILES string of the molecule is Nc1nc2cccc(C(=O)NCc3ccc(C(F)(F)F)c(F)c3)c2[nH]1. The molecule has 0 spiro atoms. The van der Waals surface area contributed by atoms with Crippen LogP contribution in [-0.2, 0) is 12.7 Å². The number of rotatable bonds is 3. The zero-order valence-electron chi connectivity index (χ0n) is 12.6. The fourth-order valence-electron chi connectivity index (χ4n) is 2.42. The van der Waals surface area contributed by atoms with Crippen LogP contribution in [0.1, 0.15) is 21.5 Å². The molecule has 0 bridgehead atoms. The maximum Gasteiger partial charge on any atom is 0.419 e. The molecule has 3 rings (SSSR count). The van der Waals surface area contributed by atoms with Crippen LogP contribution in [-0.4, -0.2) is 15.9 Å². The molecule has 0 fully saturated rings. The number of benzene rings is 2. The summed E-state index contributed by atoms with van der Waals surface area (Å²) in [5.41, 5.74) is 5.63. The second-order valence-corrected chi connectivity index (χ2v) is 5.32. The molecule has 5 nitrogen and oxygen atoms in total. The van der Waals surface area contributed by atoms with Gasteiger partial charge in [-0.05, 0) is 29.8 Å². The van der Waals surface area contributed by atoms with Crippen molar-refractivity contribution in [2.45, 2.75) is 12.7 Å². The van der Waals surface area contributed by atoms with Crippen LogP contribution in [0, 0.1) is 5.82 Å². The van der Waals surface area contributed by atoms with Crippen LogP contribution in [0.2, 0.25) is 0 Å². The summed E-state index contributed by atoms with van der Waals surface area (Å²) in [5.74, 6) is -1.72. The molecule has 0 radical (unpaired) electrons. The highest BCUT2D eigenvalue weighted by Gasteiger charge is 2.33. The second-order valence-electron chi connectivity index (χ2n) is 5.32. The first-order valence-electron chi connectivity index (χ1n) is 7.14. The van der Waals surface area contributed by atoms with Crippen LogP contribution in [0.3, 0.4) is 0 Å². The van der Waals surface area contributed by atoms with E-state index in [-0.39, 0.29) is 23.6 Å². The number of aromatic nitrogens is 2. The molecule has 2 aromatic carbocycles. The number of H-pyrrole nitrogens is 1. The molecule has 4 N–H and O–H groups in total. The van der Waals surface area contributed by atoms with Crippen molar-refractivity contribution in [2.24, 2.45) is 0 Å². The Morgan fingerprint density at radius 3 is 2.68 bits per heavy atom. The minimum atomic E-state index is -4.76. The van der Waals surface area contributed by atoms with Gasteiger partial charge in [-0.25, -0.2) is 9.37 Å². The van der Waals surface area contributed by atoms with Crippen molar-refractivity contribution in [3.8, 4) is 0 Å². The number of aromatic amines is 1. The predicted octanol–water partition coefficient (Wildman–Crippen LogP) is 3.23. The van der Waals surface area contributed by atoms with Gasteiger partial charge in [0, 0.05) is 6.54 Å². The van der Waals surface area contributed by atoms with Gasteiger partial charge in [-0.15, -0.1) is 0 Å². The molecule has 0 unspecified atom stereocenters. The molecule has 9 heteroatoms. The van der Waals surface area contributed by atoms with Gasteiger partial charge in [0.1, 0.15) is 5.82 Å². The third-order valence-corrected chi connectivity index (χ3v) is 3.57. The van der Waals surface area contributed by atoms with Crippen molar-refractivity contribution in [2.75, 3.05) is 5.73 Å².